The van der Waals surface area contributed by atoms with E-state index < -0.39 is 6.04 Å². The second kappa shape index (κ2) is 12.3. The lowest BCUT2D eigenvalue weighted by Gasteiger charge is -2.26. The number of hydrogen-bond donors (Lipinski definition) is 1. The van der Waals surface area contributed by atoms with Crippen LogP contribution in [0.4, 0.5) is 0 Å². The molecule has 1 fully saturated rings. The van der Waals surface area contributed by atoms with E-state index in [1.54, 1.807) is 0 Å². The molecule has 3 rings (SSSR count). The van der Waals surface area contributed by atoms with Crippen LogP contribution in [0.3, 0.4) is 0 Å². The Bertz CT molecular complexity index is 814. The zero-order valence-corrected chi connectivity index (χ0v) is 18.5. The highest BCUT2D eigenvalue weighted by Gasteiger charge is 2.17. The number of nitrogens with one attached hydrogen (secondary N) is 1. The summed E-state index contributed by atoms with van der Waals surface area (Å²) in [5, 5.41) is 2.88. The van der Waals surface area contributed by atoms with Gasteiger partial charge in [-0.3, -0.25) is 9.59 Å². The Labute approximate surface area is 185 Å². The number of ketones is 1. The molecule has 1 unspecified atom stereocenters. The molecule has 0 saturated carbocycles. The van der Waals surface area contributed by atoms with Gasteiger partial charge in [-0.25, -0.2) is 0 Å². The lowest BCUT2D eigenvalue weighted by atomic mass is 10.0. The number of nitrogens with zero attached hydrogens (tertiary/aromatic N) is 1. The van der Waals surface area contributed by atoms with Gasteiger partial charge in [0.25, 0.3) is 0 Å². The van der Waals surface area contributed by atoms with Gasteiger partial charge in [-0.1, -0.05) is 48.9 Å². The molecule has 5 nitrogen and oxygen atoms in total. The predicted octanol–water partition coefficient (Wildman–Crippen LogP) is 3.80. The molecule has 2 aromatic carbocycles. The molecule has 0 bridgehead atoms. The third-order valence-electron chi connectivity index (χ3n) is 5.73. The Morgan fingerprint density at radius 1 is 0.968 bits per heavy atom. The highest BCUT2D eigenvalue weighted by Crippen LogP contribution is 2.14. The van der Waals surface area contributed by atoms with Crippen molar-refractivity contribution in [1.82, 2.24) is 10.2 Å². The van der Waals surface area contributed by atoms with E-state index in [1.807, 2.05) is 54.6 Å². The molecule has 0 aromatic heterocycles. The first-order chi connectivity index (χ1) is 15.1. The second-order valence-electron chi connectivity index (χ2n) is 8.35. The molecule has 0 aliphatic carbocycles. The van der Waals surface area contributed by atoms with Crippen molar-refractivity contribution >= 4 is 11.7 Å². The minimum absolute atomic E-state index is 0.0366. The highest BCUT2D eigenvalue weighted by atomic mass is 16.5. The first-order valence-corrected chi connectivity index (χ1v) is 11.4. The average molecular weight is 423 g/mol. The number of likely N-dealkylation sites (tertiary alicyclic amines) is 1. The number of carbonyl (C=O) groups excluding carboxylic acids is 2. The Balaban J connectivity index is 1.40. The summed E-state index contributed by atoms with van der Waals surface area (Å²) in [6, 6.07) is 16.9. The molecule has 1 aliphatic rings. The van der Waals surface area contributed by atoms with Crippen molar-refractivity contribution < 1.29 is 14.3 Å². The van der Waals surface area contributed by atoms with E-state index in [0.717, 1.165) is 29.8 Å². The quantitative estimate of drug-likeness (QED) is 0.560. The van der Waals surface area contributed by atoms with Gasteiger partial charge in [0.15, 0.2) is 5.78 Å². The van der Waals surface area contributed by atoms with Crippen LogP contribution >= 0.6 is 0 Å². The normalized spacial score (nSPS) is 15.3. The number of carbonyl (C=O) groups is 2. The molecule has 0 radical (unpaired) electrons. The maximum absolute atomic E-state index is 12.5. The van der Waals surface area contributed by atoms with Crippen LogP contribution in [-0.2, 0) is 22.4 Å². The van der Waals surface area contributed by atoms with Crippen molar-refractivity contribution in [3.63, 3.8) is 0 Å². The summed E-state index contributed by atoms with van der Waals surface area (Å²) in [5.41, 5.74) is 1.94. The second-order valence-corrected chi connectivity index (χ2v) is 8.35. The summed E-state index contributed by atoms with van der Waals surface area (Å²) in [6.07, 6.45) is 5.77. The van der Waals surface area contributed by atoms with E-state index >= 15 is 0 Å². The van der Waals surface area contributed by atoms with Crippen LogP contribution in [0, 0.1) is 0 Å². The number of piperidine rings is 1. The van der Waals surface area contributed by atoms with E-state index in [-0.39, 0.29) is 18.1 Å². The summed E-state index contributed by atoms with van der Waals surface area (Å²) in [5.74, 6) is 0.644. The summed E-state index contributed by atoms with van der Waals surface area (Å²) in [7, 11) is 0. The van der Waals surface area contributed by atoms with Gasteiger partial charge in [0, 0.05) is 6.54 Å². The SMILES string of the molecule is CC(=O)C(Cc1ccccc1)NC(=O)Cc1ccc(OCCCN2CCCCC2)cc1. The molecule has 1 amide bonds. The molecule has 1 aliphatic heterocycles. The number of benzene rings is 2. The summed E-state index contributed by atoms with van der Waals surface area (Å²) in [4.78, 5) is 27.0. The Morgan fingerprint density at radius 3 is 2.35 bits per heavy atom. The number of amides is 1. The van der Waals surface area contributed by atoms with Crippen LogP contribution in [0.2, 0.25) is 0 Å². The molecule has 5 heteroatoms. The van der Waals surface area contributed by atoms with E-state index in [2.05, 4.69) is 10.2 Å². The van der Waals surface area contributed by atoms with Crippen LogP contribution in [0.15, 0.2) is 54.6 Å². The number of rotatable bonds is 11. The lowest BCUT2D eigenvalue weighted by Crippen LogP contribution is -2.42. The number of Topliss-reactive ketones (excluding diaryl/α,β-unsaturated/α-hetero) is 1. The minimum Gasteiger partial charge on any atom is -0.494 e. The molecule has 0 spiro atoms. The van der Waals surface area contributed by atoms with Gasteiger partial charge in [-0.2, -0.15) is 0 Å². The van der Waals surface area contributed by atoms with E-state index in [9.17, 15) is 9.59 Å². The molecule has 1 heterocycles. The van der Waals surface area contributed by atoms with Crippen molar-refractivity contribution in [3.8, 4) is 5.75 Å². The fraction of sp³-hybridized carbons (Fsp3) is 0.462. The first kappa shape index (κ1) is 23.0. The Morgan fingerprint density at radius 2 is 1.68 bits per heavy atom. The topological polar surface area (TPSA) is 58.6 Å². The van der Waals surface area contributed by atoms with Crippen molar-refractivity contribution in [3.05, 3.63) is 65.7 Å². The minimum atomic E-state index is -0.502. The largest absolute Gasteiger partial charge is 0.494 e. The summed E-state index contributed by atoms with van der Waals surface area (Å²) >= 11 is 0. The monoisotopic (exact) mass is 422 g/mol. The van der Waals surface area contributed by atoms with Gasteiger partial charge in [0.05, 0.1) is 19.1 Å². The van der Waals surface area contributed by atoms with Crippen LogP contribution < -0.4 is 10.1 Å². The third-order valence-corrected chi connectivity index (χ3v) is 5.73. The highest BCUT2D eigenvalue weighted by molar-refractivity contribution is 5.88. The fourth-order valence-electron chi connectivity index (χ4n) is 3.94. The van der Waals surface area contributed by atoms with E-state index in [4.69, 9.17) is 4.74 Å². The van der Waals surface area contributed by atoms with Gasteiger partial charge >= 0.3 is 0 Å². The zero-order chi connectivity index (χ0) is 21.9. The van der Waals surface area contributed by atoms with Gasteiger partial charge < -0.3 is 15.0 Å². The fourth-order valence-corrected chi connectivity index (χ4v) is 3.94. The smallest absolute Gasteiger partial charge is 0.225 e. The van der Waals surface area contributed by atoms with Crippen LogP contribution in [0.25, 0.3) is 0 Å². The predicted molar refractivity (Wildman–Crippen MR) is 123 cm³/mol. The Kier molecular flexibility index (Phi) is 9.10. The molecule has 1 N–H and O–H groups in total. The van der Waals surface area contributed by atoms with E-state index in [0.29, 0.717) is 13.0 Å². The third kappa shape index (κ3) is 8.18. The molecule has 2 aromatic rings. The van der Waals surface area contributed by atoms with Crippen LogP contribution in [0.5, 0.6) is 5.75 Å². The summed E-state index contributed by atoms with van der Waals surface area (Å²) < 4.78 is 5.85. The molecule has 1 atom stereocenters. The first-order valence-electron chi connectivity index (χ1n) is 11.4. The summed E-state index contributed by atoms with van der Waals surface area (Å²) in [6.45, 7) is 5.75. The maximum Gasteiger partial charge on any atom is 0.225 e. The van der Waals surface area contributed by atoms with Crippen molar-refractivity contribution in [1.29, 1.82) is 0 Å². The maximum atomic E-state index is 12.5. The van der Waals surface area contributed by atoms with Crippen molar-refractivity contribution in [2.45, 2.75) is 51.5 Å². The Hall–Kier alpha value is -2.66. The number of hydrogen-bond acceptors (Lipinski definition) is 4. The molecule has 166 valence electrons. The number of ether oxygens (including phenoxy) is 1. The van der Waals surface area contributed by atoms with Crippen molar-refractivity contribution in [2.24, 2.45) is 0 Å². The van der Waals surface area contributed by atoms with Crippen molar-refractivity contribution in [2.75, 3.05) is 26.2 Å². The molecular formula is C26H34N2O3. The van der Waals surface area contributed by atoms with E-state index in [1.165, 1.54) is 39.3 Å². The average Bonchev–Trinajstić information content (AvgIpc) is 2.79. The zero-order valence-electron chi connectivity index (χ0n) is 18.5. The molecule has 31 heavy (non-hydrogen) atoms. The molecule has 1 saturated heterocycles. The van der Waals surface area contributed by atoms with Gasteiger partial charge in [0.1, 0.15) is 5.75 Å². The standard InChI is InChI=1S/C26H34N2O3/c1-21(29)25(19-22-9-4-2-5-10-22)27-26(30)20-23-11-13-24(14-12-23)31-18-8-17-28-15-6-3-7-16-28/h2,4-5,9-14,25H,3,6-8,15-20H2,1H3,(H,27,30). The van der Waals surface area contributed by atoms with Crippen LogP contribution in [0.1, 0.15) is 43.7 Å². The molecular weight excluding hydrogens is 388 g/mol. The van der Waals surface area contributed by atoms with Gasteiger partial charge in [0.2, 0.25) is 5.91 Å². The van der Waals surface area contributed by atoms with Gasteiger partial charge in [-0.15, -0.1) is 0 Å². The lowest BCUT2D eigenvalue weighted by molar-refractivity contribution is -0.126. The van der Waals surface area contributed by atoms with Gasteiger partial charge in [-0.05, 0) is 69.0 Å². The van der Waals surface area contributed by atoms with Crippen LogP contribution in [-0.4, -0.2) is 48.9 Å².